The van der Waals surface area contributed by atoms with Gasteiger partial charge in [0.05, 0.1) is 13.2 Å². The predicted molar refractivity (Wildman–Crippen MR) is 121 cm³/mol. The number of ether oxygens (including phenoxy) is 2. The molecule has 2 aromatic rings. The molecule has 0 amide bonds. The number of nitrogens with zero attached hydrogens (tertiary/aromatic N) is 1. The van der Waals surface area contributed by atoms with Gasteiger partial charge < -0.3 is 20.1 Å². The van der Waals surface area contributed by atoms with Gasteiger partial charge in [-0.3, -0.25) is 0 Å². The van der Waals surface area contributed by atoms with Gasteiger partial charge in [-0.05, 0) is 53.8 Å². The molecular weight excluding hydrogens is 419 g/mol. The Bertz CT molecular complexity index is 1030. The van der Waals surface area contributed by atoms with Gasteiger partial charge in [-0.1, -0.05) is 47.5 Å². The Morgan fingerprint density at radius 3 is 2.67 bits per heavy atom. The molecule has 1 saturated carbocycles. The molecule has 4 nitrogen and oxygen atoms in total. The maximum atomic E-state index is 6.70. The average Bonchev–Trinajstić information content (AvgIpc) is 3.46. The third-order valence-corrected chi connectivity index (χ3v) is 6.52. The first-order chi connectivity index (χ1) is 14.5. The van der Waals surface area contributed by atoms with E-state index in [-0.39, 0.29) is 11.6 Å². The molecule has 0 bridgehead atoms. The minimum absolute atomic E-state index is 0.122. The second kappa shape index (κ2) is 7.93. The zero-order valence-electron chi connectivity index (χ0n) is 16.6. The van der Waals surface area contributed by atoms with Crippen LogP contribution in [0.2, 0.25) is 10.0 Å². The lowest BCUT2D eigenvalue weighted by Gasteiger charge is -2.32. The van der Waals surface area contributed by atoms with E-state index in [0.29, 0.717) is 24.8 Å². The van der Waals surface area contributed by atoms with E-state index in [1.807, 2.05) is 36.4 Å². The number of benzene rings is 2. The molecule has 2 heterocycles. The van der Waals surface area contributed by atoms with Crippen molar-refractivity contribution in [3.63, 3.8) is 0 Å². The summed E-state index contributed by atoms with van der Waals surface area (Å²) in [6, 6.07) is 13.8. The summed E-state index contributed by atoms with van der Waals surface area (Å²) < 4.78 is 11.5. The van der Waals surface area contributed by atoms with Crippen LogP contribution in [0.5, 0.6) is 5.75 Å². The summed E-state index contributed by atoms with van der Waals surface area (Å²) >= 11 is 12.6. The Morgan fingerprint density at radius 1 is 1.13 bits per heavy atom. The highest BCUT2D eigenvalue weighted by molar-refractivity contribution is 6.33. The van der Waals surface area contributed by atoms with Gasteiger partial charge in [-0.25, -0.2) is 0 Å². The lowest BCUT2D eigenvalue weighted by Crippen LogP contribution is -2.38. The summed E-state index contributed by atoms with van der Waals surface area (Å²) in [5.41, 5.74) is 10.8. The summed E-state index contributed by atoms with van der Waals surface area (Å²) in [5.74, 6) is 0.888. The summed E-state index contributed by atoms with van der Waals surface area (Å²) in [4.78, 5) is 2.24. The first kappa shape index (κ1) is 20.0. The van der Waals surface area contributed by atoms with Crippen LogP contribution in [-0.2, 0) is 11.3 Å². The minimum Gasteiger partial charge on any atom is -0.485 e. The van der Waals surface area contributed by atoms with Crippen LogP contribution in [0.1, 0.15) is 24.0 Å². The first-order valence-electron chi connectivity index (χ1n) is 10.3. The Balaban J connectivity index is 1.45. The van der Waals surface area contributed by atoms with E-state index >= 15 is 0 Å². The summed E-state index contributed by atoms with van der Waals surface area (Å²) in [5, 5.41) is 1.41. The highest BCUT2D eigenvalue weighted by Crippen LogP contribution is 2.48. The Labute approximate surface area is 186 Å². The van der Waals surface area contributed by atoms with E-state index in [1.54, 1.807) is 0 Å². The second-order valence-electron chi connectivity index (χ2n) is 8.26. The maximum absolute atomic E-state index is 6.70. The topological polar surface area (TPSA) is 47.7 Å². The van der Waals surface area contributed by atoms with Crippen LogP contribution in [0.15, 0.2) is 60.3 Å². The number of rotatable bonds is 6. The molecule has 2 fully saturated rings. The molecule has 6 heteroatoms. The van der Waals surface area contributed by atoms with Crippen molar-refractivity contribution in [1.82, 2.24) is 4.90 Å². The van der Waals surface area contributed by atoms with Crippen LogP contribution >= 0.6 is 23.2 Å². The van der Waals surface area contributed by atoms with Crippen molar-refractivity contribution in [3.05, 3.63) is 81.5 Å². The quantitative estimate of drug-likeness (QED) is 0.679. The third kappa shape index (κ3) is 3.97. The number of para-hydroxylation sites is 1. The molecule has 1 saturated heterocycles. The average molecular weight is 443 g/mol. The molecule has 2 aliphatic heterocycles. The van der Waals surface area contributed by atoms with Crippen LogP contribution in [0, 0.1) is 0 Å². The maximum Gasteiger partial charge on any atom is 0.145 e. The van der Waals surface area contributed by atoms with E-state index in [1.165, 1.54) is 5.57 Å². The molecule has 1 aliphatic carbocycles. The highest BCUT2D eigenvalue weighted by Gasteiger charge is 2.44. The van der Waals surface area contributed by atoms with Crippen molar-refractivity contribution in [2.45, 2.75) is 31.0 Å². The van der Waals surface area contributed by atoms with Gasteiger partial charge in [0.2, 0.25) is 0 Å². The summed E-state index contributed by atoms with van der Waals surface area (Å²) in [6.45, 7) is 2.73. The van der Waals surface area contributed by atoms with Crippen molar-refractivity contribution in [1.29, 1.82) is 0 Å². The van der Waals surface area contributed by atoms with Crippen molar-refractivity contribution in [2.24, 2.45) is 5.73 Å². The fourth-order valence-electron chi connectivity index (χ4n) is 3.93. The Kier molecular flexibility index (Phi) is 5.28. The second-order valence-corrected chi connectivity index (χ2v) is 9.10. The van der Waals surface area contributed by atoms with Gasteiger partial charge in [0, 0.05) is 40.4 Å². The van der Waals surface area contributed by atoms with Gasteiger partial charge >= 0.3 is 0 Å². The Morgan fingerprint density at radius 2 is 1.93 bits per heavy atom. The fraction of sp³-hybridized carbons (Fsp3) is 0.333. The highest BCUT2D eigenvalue weighted by atomic mass is 35.5. The SMILES string of the molecule is NC1(C2=CN(Cc3cc(Cl)ccc3Cl)CC=C2c2ccccc2OC2COC2)CC1. The largest absolute Gasteiger partial charge is 0.485 e. The molecule has 0 radical (unpaired) electrons. The van der Waals surface area contributed by atoms with E-state index in [9.17, 15) is 0 Å². The van der Waals surface area contributed by atoms with Crippen LogP contribution in [0.25, 0.3) is 5.57 Å². The van der Waals surface area contributed by atoms with Crippen LogP contribution < -0.4 is 10.5 Å². The zero-order chi connectivity index (χ0) is 20.7. The zero-order valence-corrected chi connectivity index (χ0v) is 18.1. The van der Waals surface area contributed by atoms with Crippen LogP contribution in [0.3, 0.4) is 0 Å². The smallest absolute Gasteiger partial charge is 0.145 e. The Hall–Kier alpha value is -1.98. The van der Waals surface area contributed by atoms with E-state index < -0.39 is 0 Å². The molecule has 0 aromatic heterocycles. The van der Waals surface area contributed by atoms with Gasteiger partial charge in [0.1, 0.15) is 11.9 Å². The number of hydrogen-bond donors (Lipinski definition) is 1. The monoisotopic (exact) mass is 442 g/mol. The third-order valence-electron chi connectivity index (χ3n) is 5.92. The molecule has 156 valence electrons. The lowest BCUT2D eigenvalue weighted by molar-refractivity contribution is -0.0797. The number of nitrogens with two attached hydrogens (primary N) is 1. The predicted octanol–water partition coefficient (Wildman–Crippen LogP) is 5.05. The molecular formula is C24H24Cl2N2O2. The van der Waals surface area contributed by atoms with Crippen molar-refractivity contribution in [2.75, 3.05) is 19.8 Å². The van der Waals surface area contributed by atoms with Gasteiger partial charge in [0.25, 0.3) is 0 Å². The molecule has 0 spiro atoms. The number of halogens is 2. The molecule has 0 atom stereocenters. The normalized spacial score (nSPS) is 20.3. The van der Waals surface area contributed by atoms with Gasteiger partial charge in [-0.2, -0.15) is 0 Å². The lowest BCUT2D eigenvalue weighted by atomic mass is 9.89. The van der Waals surface area contributed by atoms with E-state index in [2.05, 4.69) is 23.2 Å². The molecule has 30 heavy (non-hydrogen) atoms. The fourth-order valence-corrected chi connectivity index (χ4v) is 4.30. The van der Waals surface area contributed by atoms with Gasteiger partial charge in [0.15, 0.2) is 0 Å². The van der Waals surface area contributed by atoms with Crippen molar-refractivity contribution >= 4 is 28.8 Å². The summed E-state index contributed by atoms with van der Waals surface area (Å²) in [7, 11) is 0. The number of hydrogen-bond acceptors (Lipinski definition) is 4. The van der Waals surface area contributed by atoms with Gasteiger partial charge in [-0.15, -0.1) is 0 Å². The molecule has 0 unspecified atom stereocenters. The molecule has 2 N–H and O–H groups in total. The molecule has 2 aromatic carbocycles. The van der Waals surface area contributed by atoms with E-state index in [4.69, 9.17) is 38.4 Å². The van der Waals surface area contributed by atoms with Crippen LogP contribution in [-0.4, -0.2) is 36.3 Å². The standard InChI is InChI=1S/C24H24Cl2N2O2/c25-17-5-6-22(26)16(11-17)12-28-10-7-19(21(13-28)24(27)8-9-24)20-3-1-2-4-23(20)30-18-14-29-15-18/h1-7,11,13,18H,8-10,12,14-15,27H2. The first-order valence-corrected chi connectivity index (χ1v) is 11.0. The van der Waals surface area contributed by atoms with Crippen molar-refractivity contribution in [3.8, 4) is 5.75 Å². The molecule has 5 rings (SSSR count). The van der Waals surface area contributed by atoms with Crippen molar-refractivity contribution < 1.29 is 9.47 Å². The van der Waals surface area contributed by atoms with Crippen LogP contribution in [0.4, 0.5) is 0 Å². The molecule has 3 aliphatic rings. The summed E-state index contributed by atoms with van der Waals surface area (Å²) in [6.07, 6.45) is 6.54. The minimum atomic E-state index is -0.282. The van der Waals surface area contributed by atoms with E-state index in [0.717, 1.165) is 46.9 Å².